The zero-order valence-electron chi connectivity index (χ0n) is 9.57. The van der Waals surface area contributed by atoms with Crippen LogP contribution in [0.3, 0.4) is 0 Å². The molecular formula is C14H17N. The average molecular weight is 199 g/mol. The fourth-order valence-corrected chi connectivity index (χ4v) is 1.68. The maximum absolute atomic E-state index is 4.70. The van der Waals surface area contributed by atoms with E-state index in [0.29, 0.717) is 11.8 Å². The molecule has 2 rings (SSSR count). The topological polar surface area (TPSA) is 12.9 Å². The van der Waals surface area contributed by atoms with Gasteiger partial charge in [-0.2, -0.15) is 0 Å². The van der Waals surface area contributed by atoms with Crippen LogP contribution >= 0.6 is 0 Å². The Bertz CT molecular complexity index is 460. The molecule has 1 heteroatoms. The first kappa shape index (κ1) is 10.2. The van der Waals surface area contributed by atoms with E-state index in [9.17, 15) is 0 Å². The molecule has 1 atom stereocenters. The van der Waals surface area contributed by atoms with Gasteiger partial charge in [-0.3, -0.25) is 4.98 Å². The maximum Gasteiger partial charge on any atom is 0.0705 e. The van der Waals surface area contributed by atoms with Crippen LogP contribution < -0.4 is 0 Å². The second-order valence-corrected chi connectivity index (χ2v) is 4.46. The monoisotopic (exact) mass is 199 g/mol. The van der Waals surface area contributed by atoms with Crippen LogP contribution in [0.15, 0.2) is 36.4 Å². The van der Waals surface area contributed by atoms with Crippen molar-refractivity contribution >= 4 is 10.9 Å². The van der Waals surface area contributed by atoms with Crippen molar-refractivity contribution in [2.75, 3.05) is 0 Å². The molecule has 0 N–H and O–H groups in total. The van der Waals surface area contributed by atoms with Crippen LogP contribution in [-0.4, -0.2) is 4.98 Å². The molecule has 0 bridgehead atoms. The third-order valence-corrected chi connectivity index (χ3v) is 3.09. The van der Waals surface area contributed by atoms with E-state index in [1.165, 1.54) is 11.1 Å². The lowest BCUT2D eigenvalue weighted by Crippen LogP contribution is -2.04. The second kappa shape index (κ2) is 4.01. The second-order valence-electron chi connectivity index (χ2n) is 4.46. The molecule has 0 fully saturated rings. The van der Waals surface area contributed by atoms with Gasteiger partial charge in [0.2, 0.25) is 0 Å². The molecule has 78 valence electrons. The highest BCUT2D eigenvalue weighted by Crippen LogP contribution is 2.23. The van der Waals surface area contributed by atoms with Crippen LogP contribution in [-0.2, 0) is 0 Å². The Morgan fingerprint density at radius 1 is 0.933 bits per heavy atom. The molecule has 1 aromatic heterocycles. The van der Waals surface area contributed by atoms with Crippen molar-refractivity contribution in [3.05, 3.63) is 42.1 Å². The smallest absolute Gasteiger partial charge is 0.0705 e. The van der Waals surface area contributed by atoms with Crippen molar-refractivity contribution in [3.8, 4) is 0 Å². The van der Waals surface area contributed by atoms with Crippen molar-refractivity contribution in [2.24, 2.45) is 5.92 Å². The quantitative estimate of drug-likeness (QED) is 0.712. The number of fused-ring (bicyclic) bond motifs is 1. The lowest BCUT2D eigenvalue weighted by atomic mass is 9.94. The van der Waals surface area contributed by atoms with Gasteiger partial charge in [0, 0.05) is 17.0 Å². The van der Waals surface area contributed by atoms with Crippen molar-refractivity contribution < 1.29 is 0 Å². The van der Waals surface area contributed by atoms with E-state index < -0.39 is 0 Å². The molecule has 15 heavy (non-hydrogen) atoms. The highest BCUT2D eigenvalue weighted by Gasteiger charge is 2.11. The van der Waals surface area contributed by atoms with Crippen LogP contribution in [0.2, 0.25) is 0 Å². The van der Waals surface area contributed by atoms with Gasteiger partial charge < -0.3 is 0 Å². The van der Waals surface area contributed by atoms with Crippen molar-refractivity contribution in [1.29, 1.82) is 0 Å². The molecule has 1 aromatic carbocycles. The maximum atomic E-state index is 4.70. The zero-order valence-corrected chi connectivity index (χ0v) is 9.57. The first-order valence-electron chi connectivity index (χ1n) is 5.54. The van der Waals surface area contributed by atoms with Gasteiger partial charge in [-0.05, 0) is 18.1 Å². The van der Waals surface area contributed by atoms with Gasteiger partial charge in [-0.1, -0.05) is 45.0 Å². The van der Waals surface area contributed by atoms with E-state index in [2.05, 4.69) is 51.1 Å². The van der Waals surface area contributed by atoms with Gasteiger partial charge >= 0.3 is 0 Å². The summed E-state index contributed by atoms with van der Waals surface area (Å²) in [6.07, 6.45) is 0. The van der Waals surface area contributed by atoms with Gasteiger partial charge in [-0.25, -0.2) is 0 Å². The SMILES string of the molecule is CC(C)C(C)c1ccc2ccccc2n1. The normalized spacial score (nSPS) is 13.3. The number of hydrogen-bond acceptors (Lipinski definition) is 1. The summed E-state index contributed by atoms with van der Waals surface area (Å²) in [5.74, 6) is 1.16. The van der Waals surface area contributed by atoms with Crippen LogP contribution in [0.1, 0.15) is 32.4 Å². The van der Waals surface area contributed by atoms with Gasteiger partial charge in [0.25, 0.3) is 0 Å². The van der Waals surface area contributed by atoms with Crippen molar-refractivity contribution in [2.45, 2.75) is 26.7 Å². The molecule has 0 saturated heterocycles. The Morgan fingerprint density at radius 3 is 2.40 bits per heavy atom. The Hall–Kier alpha value is -1.37. The summed E-state index contributed by atoms with van der Waals surface area (Å²) < 4.78 is 0. The first-order valence-corrected chi connectivity index (χ1v) is 5.54. The van der Waals surface area contributed by atoms with E-state index in [1.807, 2.05) is 6.07 Å². The number of para-hydroxylation sites is 1. The highest BCUT2D eigenvalue weighted by molar-refractivity contribution is 5.78. The molecule has 1 unspecified atom stereocenters. The molecule has 0 aliphatic rings. The summed E-state index contributed by atoms with van der Waals surface area (Å²) in [5.41, 5.74) is 2.30. The number of benzene rings is 1. The molecule has 1 nitrogen and oxygen atoms in total. The fourth-order valence-electron chi connectivity index (χ4n) is 1.68. The highest BCUT2D eigenvalue weighted by atomic mass is 14.7. The van der Waals surface area contributed by atoms with Crippen LogP contribution in [0, 0.1) is 5.92 Å². The summed E-state index contributed by atoms with van der Waals surface area (Å²) in [4.78, 5) is 4.70. The van der Waals surface area contributed by atoms with Crippen LogP contribution in [0.5, 0.6) is 0 Å². The summed E-state index contributed by atoms with van der Waals surface area (Å²) in [5, 5.41) is 1.22. The van der Waals surface area contributed by atoms with Crippen LogP contribution in [0.25, 0.3) is 10.9 Å². The van der Waals surface area contributed by atoms with Gasteiger partial charge in [0.05, 0.1) is 5.52 Å². The third-order valence-electron chi connectivity index (χ3n) is 3.09. The number of hydrogen-bond donors (Lipinski definition) is 0. The van der Waals surface area contributed by atoms with E-state index in [4.69, 9.17) is 4.98 Å². The van der Waals surface area contributed by atoms with Gasteiger partial charge in [0.15, 0.2) is 0 Å². The van der Waals surface area contributed by atoms with Crippen molar-refractivity contribution in [3.63, 3.8) is 0 Å². The standard InChI is InChI=1S/C14H17N/c1-10(2)11(3)13-9-8-12-6-4-5-7-14(12)15-13/h4-11H,1-3H3. The molecule has 0 saturated carbocycles. The Balaban J connectivity index is 2.47. The van der Waals surface area contributed by atoms with Gasteiger partial charge in [0.1, 0.15) is 0 Å². The molecule has 0 aliphatic carbocycles. The minimum absolute atomic E-state index is 0.523. The molecule has 2 aromatic rings. The zero-order chi connectivity index (χ0) is 10.8. The molecule has 0 amide bonds. The average Bonchev–Trinajstić information content (AvgIpc) is 2.27. The molecule has 0 spiro atoms. The van der Waals surface area contributed by atoms with E-state index in [-0.39, 0.29) is 0 Å². The fraction of sp³-hybridized carbons (Fsp3) is 0.357. The summed E-state index contributed by atoms with van der Waals surface area (Å²) in [7, 11) is 0. The number of pyridine rings is 1. The van der Waals surface area contributed by atoms with Gasteiger partial charge in [-0.15, -0.1) is 0 Å². The Morgan fingerprint density at radius 2 is 1.67 bits per heavy atom. The first-order chi connectivity index (χ1) is 7.18. The minimum Gasteiger partial charge on any atom is -0.253 e. The molecule has 0 aliphatic heterocycles. The summed E-state index contributed by atoms with van der Waals surface area (Å²) in [6.45, 7) is 6.71. The third kappa shape index (κ3) is 2.01. The lowest BCUT2D eigenvalue weighted by molar-refractivity contribution is 0.525. The number of rotatable bonds is 2. The Labute approximate surface area is 91.2 Å². The molecular weight excluding hydrogens is 182 g/mol. The summed E-state index contributed by atoms with van der Waals surface area (Å²) in [6, 6.07) is 12.6. The molecule has 1 heterocycles. The predicted octanol–water partition coefficient (Wildman–Crippen LogP) is 3.99. The number of aromatic nitrogens is 1. The van der Waals surface area contributed by atoms with E-state index in [1.54, 1.807) is 0 Å². The van der Waals surface area contributed by atoms with Crippen LogP contribution in [0.4, 0.5) is 0 Å². The van der Waals surface area contributed by atoms with E-state index >= 15 is 0 Å². The molecule has 0 radical (unpaired) electrons. The Kier molecular flexibility index (Phi) is 2.72. The van der Waals surface area contributed by atoms with E-state index in [0.717, 1.165) is 5.52 Å². The van der Waals surface area contributed by atoms with Crippen molar-refractivity contribution in [1.82, 2.24) is 4.98 Å². The predicted molar refractivity (Wildman–Crippen MR) is 65.0 cm³/mol. The summed E-state index contributed by atoms with van der Waals surface area (Å²) >= 11 is 0. The number of nitrogens with zero attached hydrogens (tertiary/aromatic N) is 1. The minimum atomic E-state index is 0.523. The lowest BCUT2D eigenvalue weighted by Gasteiger charge is -2.15. The largest absolute Gasteiger partial charge is 0.253 e.